The van der Waals surface area contributed by atoms with Crippen LogP contribution in [-0.4, -0.2) is 52.8 Å². The van der Waals surface area contributed by atoms with Crippen LogP contribution >= 0.6 is 11.6 Å². The minimum Gasteiger partial charge on any atom is -0.367 e. The van der Waals surface area contributed by atoms with E-state index in [9.17, 15) is 9.18 Å². The van der Waals surface area contributed by atoms with E-state index in [4.69, 9.17) is 16.1 Å². The highest BCUT2D eigenvalue weighted by molar-refractivity contribution is 6.31. The van der Waals surface area contributed by atoms with Crippen molar-refractivity contribution in [2.24, 2.45) is 0 Å². The average molecular weight is 562 g/mol. The molecule has 0 atom stereocenters. The molecule has 0 saturated carbocycles. The summed E-state index contributed by atoms with van der Waals surface area (Å²) in [7, 11) is 2.02. The normalized spacial score (nSPS) is 14.2. The molecule has 1 aliphatic rings. The number of hydrogen-bond donors (Lipinski definition) is 0. The van der Waals surface area contributed by atoms with Crippen molar-refractivity contribution >= 4 is 28.2 Å². The zero-order chi connectivity index (χ0) is 27.8. The highest BCUT2D eigenvalue weighted by Gasteiger charge is 2.23. The average Bonchev–Trinajstić information content (AvgIpc) is 3.41. The Labute approximate surface area is 234 Å². The Morgan fingerprint density at radius 3 is 2.50 bits per heavy atom. The summed E-state index contributed by atoms with van der Waals surface area (Å²) in [5.41, 5.74) is 1.75. The molecule has 10 heteroatoms. The number of hydrogen-bond acceptors (Lipinski definition) is 6. The molecule has 1 saturated heterocycles. The first-order valence-electron chi connectivity index (χ1n) is 13.0. The number of fused-ring (bicyclic) bond motifs is 1. The lowest BCUT2D eigenvalue weighted by Crippen LogP contribution is -2.44. The standard InChI is InChI=1S/C30H26ClF2N5O2/c1-36-10-12-37(13-11-36)27-16-26-20(15-25(27)33)29(39)22(18-38(26)17-21-23(31)8-5-9-24(21)32)30-34-28(40-35-30)14-19-6-3-2-4-7-19/h2-9,15-16,18H,10-14,17H2,1H3. The van der Waals surface area contributed by atoms with Crippen LogP contribution in [0.5, 0.6) is 0 Å². The number of anilines is 1. The second-order valence-corrected chi connectivity index (χ2v) is 10.4. The summed E-state index contributed by atoms with van der Waals surface area (Å²) >= 11 is 6.36. The van der Waals surface area contributed by atoms with E-state index in [-0.39, 0.29) is 33.9 Å². The molecule has 3 heterocycles. The zero-order valence-electron chi connectivity index (χ0n) is 21.8. The maximum absolute atomic E-state index is 15.5. The highest BCUT2D eigenvalue weighted by Crippen LogP contribution is 2.29. The minimum atomic E-state index is -0.500. The van der Waals surface area contributed by atoms with Crippen molar-refractivity contribution in [3.63, 3.8) is 0 Å². The summed E-state index contributed by atoms with van der Waals surface area (Å²) in [6, 6.07) is 17.0. The van der Waals surface area contributed by atoms with Gasteiger partial charge in [-0.2, -0.15) is 4.98 Å². The van der Waals surface area contributed by atoms with Gasteiger partial charge in [-0.3, -0.25) is 4.79 Å². The van der Waals surface area contributed by atoms with Gasteiger partial charge in [-0.05, 0) is 36.9 Å². The molecule has 0 aliphatic carbocycles. The molecule has 2 aromatic heterocycles. The van der Waals surface area contributed by atoms with Crippen LogP contribution < -0.4 is 10.3 Å². The smallest absolute Gasteiger partial charge is 0.231 e. The fourth-order valence-corrected chi connectivity index (χ4v) is 5.26. The highest BCUT2D eigenvalue weighted by atomic mass is 35.5. The second kappa shape index (κ2) is 10.8. The Hall–Kier alpha value is -4.08. The number of piperazine rings is 1. The van der Waals surface area contributed by atoms with Gasteiger partial charge in [-0.25, -0.2) is 8.78 Å². The van der Waals surface area contributed by atoms with Gasteiger partial charge in [-0.1, -0.05) is 53.2 Å². The van der Waals surface area contributed by atoms with Crippen molar-refractivity contribution in [3.05, 3.63) is 111 Å². The molecule has 0 amide bonds. The van der Waals surface area contributed by atoms with Crippen LogP contribution in [-0.2, 0) is 13.0 Å². The fourth-order valence-electron chi connectivity index (χ4n) is 5.04. The van der Waals surface area contributed by atoms with Crippen LogP contribution in [0.1, 0.15) is 17.0 Å². The van der Waals surface area contributed by atoms with Crippen molar-refractivity contribution in [3.8, 4) is 11.4 Å². The topological polar surface area (TPSA) is 67.4 Å². The largest absolute Gasteiger partial charge is 0.367 e. The van der Waals surface area contributed by atoms with Crippen LogP contribution in [0.25, 0.3) is 22.3 Å². The van der Waals surface area contributed by atoms with E-state index in [1.54, 1.807) is 22.9 Å². The van der Waals surface area contributed by atoms with Gasteiger partial charge in [0.25, 0.3) is 0 Å². The Bertz CT molecular complexity index is 1730. The molecular formula is C30H26ClF2N5O2. The van der Waals surface area contributed by atoms with Crippen LogP contribution in [0.4, 0.5) is 14.5 Å². The van der Waals surface area contributed by atoms with Gasteiger partial charge in [-0.15, -0.1) is 0 Å². The molecule has 0 radical (unpaired) electrons. The summed E-state index contributed by atoms with van der Waals surface area (Å²) in [6.45, 7) is 2.88. The SMILES string of the molecule is CN1CCN(c2cc3c(cc2F)c(=O)c(-c2noc(Cc4ccccc4)n2)cn3Cc2c(F)cccc2Cl)CC1. The Balaban J connectivity index is 1.48. The number of pyridine rings is 1. The quantitative estimate of drug-likeness (QED) is 0.277. The lowest BCUT2D eigenvalue weighted by atomic mass is 10.1. The van der Waals surface area contributed by atoms with Crippen LogP contribution in [0.15, 0.2) is 76.2 Å². The fraction of sp³-hybridized carbons (Fsp3) is 0.233. The summed E-state index contributed by atoms with van der Waals surface area (Å²) < 4.78 is 37.5. The molecule has 0 spiro atoms. The molecule has 40 heavy (non-hydrogen) atoms. The zero-order valence-corrected chi connectivity index (χ0v) is 22.5. The van der Waals surface area contributed by atoms with Gasteiger partial charge >= 0.3 is 0 Å². The van der Waals surface area contributed by atoms with E-state index in [2.05, 4.69) is 15.0 Å². The molecule has 6 rings (SSSR count). The molecule has 1 aliphatic heterocycles. The van der Waals surface area contributed by atoms with E-state index in [1.165, 1.54) is 18.2 Å². The third-order valence-corrected chi connectivity index (χ3v) is 7.64. The number of likely N-dealkylation sites (N-methyl/N-ethyl adjacent to an activating group) is 1. The Kier molecular flexibility index (Phi) is 7.08. The number of halogens is 3. The first-order chi connectivity index (χ1) is 19.4. The monoisotopic (exact) mass is 561 g/mol. The predicted octanol–water partition coefficient (Wildman–Crippen LogP) is 5.37. The molecule has 0 bridgehead atoms. The number of aromatic nitrogens is 3. The predicted molar refractivity (Wildman–Crippen MR) is 151 cm³/mol. The molecular weight excluding hydrogens is 536 g/mol. The minimum absolute atomic E-state index is 0.0117. The molecule has 204 valence electrons. The molecule has 5 aromatic rings. The van der Waals surface area contributed by atoms with Crippen molar-refractivity contribution in [2.75, 3.05) is 38.1 Å². The van der Waals surface area contributed by atoms with Crippen molar-refractivity contribution in [2.45, 2.75) is 13.0 Å². The van der Waals surface area contributed by atoms with Gasteiger partial charge in [0.1, 0.15) is 11.6 Å². The van der Waals surface area contributed by atoms with E-state index < -0.39 is 17.1 Å². The number of rotatable bonds is 6. The first kappa shape index (κ1) is 26.2. The van der Waals surface area contributed by atoms with Crippen LogP contribution in [0.2, 0.25) is 5.02 Å². The van der Waals surface area contributed by atoms with Crippen molar-refractivity contribution in [1.29, 1.82) is 0 Å². The lowest BCUT2D eigenvalue weighted by molar-refractivity contribution is 0.312. The molecule has 0 unspecified atom stereocenters. The molecule has 7 nitrogen and oxygen atoms in total. The van der Waals surface area contributed by atoms with Crippen molar-refractivity contribution in [1.82, 2.24) is 19.6 Å². The van der Waals surface area contributed by atoms with Crippen molar-refractivity contribution < 1.29 is 13.3 Å². The third-order valence-electron chi connectivity index (χ3n) is 7.29. The molecule has 3 aromatic carbocycles. The van der Waals surface area contributed by atoms with Gasteiger partial charge in [0, 0.05) is 48.3 Å². The van der Waals surface area contributed by atoms with Crippen LogP contribution in [0, 0.1) is 11.6 Å². The number of benzene rings is 3. The maximum Gasteiger partial charge on any atom is 0.231 e. The maximum atomic E-state index is 15.5. The van der Waals surface area contributed by atoms with Crippen LogP contribution in [0.3, 0.4) is 0 Å². The summed E-state index contributed by atoms with van der Waals surface area (Å²) in [5, 5.41) is 4.43. The summed E-state index contributed by atoms with van der Waals surface area (Å²) in [5.74, 6) is -0.567. The molecule has 1 fully saturated rings. The Morgan fingerprint density at radius 1 is 0.975 bits per heavy atom. The second-order valence-electron chi connectivity index (χ2n) is 9.99. The van der Waals surface area contributed by atoms with Gasteiger partial charge in [0.15, 0.2) is 0 Å². The van der Waals surface area contributed by atoms with Gasteiger partial charge < -0.3 is 18.9 Å². The van der Waals surface area contributed by atoms with E-state index in [0.29, 0.717) is 36.6 Å². The van der Waals surface area contributed by atoms with E-state index >= 15 is 4.39 Å². The first-order valence-corrected chi connectivity index (χ1v) is 13.3. The van der Waals surface area contributed by atoms with Gasteiger partial charge in [0.05, 0.1) is 29.7 Å². The summed E-state index contributed by atoms with van der Waals surface area (Å²) in [4.78, 5) is 22.3. The van der Waals surface area contributed by atoms with Gasteiger partial charge in [0.2, 0.25) is 17.1 Å². The summed E-state index contributed by atoms with van der Waals surface area (Å²) in [6.07, 6.45) is 1.96. The van der Waals surface area contributed by atoms with E-state index in [0.717, 1.165) is 18.7 Å². The number of nitrogens with zero attached hydrogens (tertiary/aromatic N) is 5. The molecule has 0 N–H and O–H groups in total. The van der Waals surface area contributed by atoms with E-state index in [1.807, 2.05) is 42.3 Å². The Morgan fingerprint density at radius 2 is 1.75 bits per heavy atom. The third kappa shape index (κ3) is 5.10. The lowest BCUT2D eigenvalue weighted by Gasteiger charge is -2.34.